The van der Waals surface area contributed by atoms with E-state index in [0.717, 1.165) is 55.3 Å². The number of fused-ring (bicyclic) bond motifs is 9. The third kappa shape index (κ3) is 5.96. The van der Waals surface area contributed by atoms with Gasteiger partial charge in [0.15, 0.2) is 17.5 Å². The van der Waals surface area contributed by atoms with Gasteiger partial charge in [-0.2, -0.15) is 0 Å². The van der Waals surface area contributed by atoms with Crippen molar-refractivity contribution in [2.24, 2.45) is 0 Å². The van der Waals surface area contributed by atoms with Gasteiger partial charge in [0.2, 0.25) is 0 Å². The molecule has 0 N–H and O–H groups in total. The molecular formula is C57H35N3O. The van der Waals surface area contributed by atoms with Gasteiger partial charge in [0.25, 0.3) is 0 Å². The van der Waals surface area contributed by atoms with Crippen molar-refractivity contribution in [1.82, 2.24) is 15.0 Å². The molecule has 4 nitrogen and oxygen atoms in total. The summed E-state index contributed by atoms with van der Waals surface area (Å²) in [5, 5.41) is 9.76. The van der Waals surface area contributed by atoms with Crippen molar-refractivity contribution >= 4 is 54.3 Å². The Balaban J connectivity index is 0.986. The van der Waals surface area contributed by atoms with Crippen LogP contribution in [0.25, 0.3) is 122 Å². The second-order valence-corrected chi connectivity index (χ2v) is 15.5. The maximum Gasteiger partial charge on any atom is 0.164 e. The van der Waals surface area contributed by atoms with Gasteiger partial charge in [-0.05, 0) is 96.0 Å². The molecule has 0 amide bonds. The number of furan rings is 1. The van der Waals surface area contributed by atoms with E-state index in [1.54, 1.807) is 0 Å². The zero-order valence-electron chi connectivity index (χ0n) is 33.0. The van der Waals surface area contributed by atoms with E-state index in [0.29, 0.717) is 17.5 Å². The number of rotatable bonds is 6. The normalized spacial score (nSPS) is 11.6. The minimum Gasteiger partial charge on any atom is -0.456 e. The molecule has 4 heteroatoms. The maximum atomic E-state index is 6.56. The Hall–Kier alpha value is -8.21. The third-order valence-corrected chi connectivity index (χ3v) is 11.9. The summed E-state index contributed by atoms with van der Waals surface area (Å²) in [4.78, 5) is 14.9. The van der Waals surface area contributed by atoms with Crippen molar-refractivity contribution in [3.63, 3.8) is 0 Å². The van der Waals surface area contributed by atoms with Crippen molar-refractivity contribution in [1.29, 1.82) is 0 Å². The zero-order valence-corrected chi connectivity index (χ0v) is 33.0. The Labute approximate surface area is 352 Å². The van der Waals surface area contributed by atoms with Crippen molar-refractivity contribution in [2.75, 3.05) is 0 Å². The van der Waals surface area contributed by atoms with E-state index < -0.39 is 0 Å². The summed E-state index contributed by atoms with van der Waals surface area (Å²) in [5.74, 6) is 1.89. The molecule has 0 saturated carbocycles. The van der Waals surface area contributed by atoms with E-state index in [2.05, 4.69) is 152 Å². The van der Waals surface area contributed by atoms with E-state index in [1.165, 1.54) is 49.0 Å². The van der Waals surface area contributed by atoms with Crippen LogP contribution in [0, 0.1) is 0 Å². The van der Waals surface area contributed by atoms with Gasteiger partial charge >= 0.3 is 0 Å². The first-order chi connectivity index (χ1) is 30.2. The predicted molar refractivity (Wildman–Crippen MR) is 252 cm³/mol. The molecule has 0 radical (unpaired) electrons. The molecule has 12 rings (SSSR count). The topological polar surface area (TPSA) is 51.8 Å². The van der Waals surface area contributed by atoms with Crippen LogP contribution < -0.4 is 0 Å². The van der Waals surface area contributed by atoms with Gasteiger partial charge in [-0.15, -0.1) is 0 Å². The molecule has 2 aromatic heterocycles. The van der Waals surface area contributed by atoms with Crippen LogP contribution in [0.2, 0.25) is 0 Å². The Bertz CT molecular complexity index is 3560. The highest BCUT2D eigenvalue weighted by atomic mass is 16.3. The Morgan fingerprint density at radius 2 is 0.672 bits per heavy atom. The van der Waals surface area contributed by atoms with Gasteiger partial charge in [0, 0.05) is 27.5 Å². The summed E-state index contributed by atoms with van der Waals surface area (Å²) in [6.45, 7) is 0. The van der Waals surface area contributed by atoms with Crippen LogP contribution in [0.5, 0.6) is 0 Å². The molecule has 0 aliphatic carbocycles. The molecule has 0 unspecified atom stereocenters. The van der Waals surface area contributed by atoms with E-state index in [4.69, 9.17) is 19.4 Å². The van der Waals surface area contributed by atoms with Crippen molar-refractivity contribution in [3.8, 4) is 67.5 Å². The smallest absolute Gasteiger partial charge is 0.164 e. The maximum absolute atomic E-state index is 6.56. The second-order valence-electron chi connectivity index (χ2n) is 15.5. The zero-order chi connectivity index (χ0) is 40.3. The fraction of sp³-hybridized carbons (Fsp3) is 0. The lowest BCUT2D eigenvalue weighted by atomic mass is 9.89. The van der Waals surface area contributed by atoms with Crippen LogP contribution in [-0.4, -0.2) is 15.0 Å². The van der Waals surface area contributed by atoms with E-state index in [-0.39, 0.29) is 0 Å². The first-order valence-corrected chi connectivity index (χ1v) is 20.6. The molecule has 0 bridgehead atoms. The summed E-state index contributed by atoms with van der Waals surface area (Å²) in [5.41, 5.74) is 11.3. The molecular weight excluding hydrogens is 743 g/mol. The molecule has 61 heavy (non-hydrogen) atoms. The van der Waals surface area contributed by atoms with Gasteiger partial charge in [0.05, 0.1) is 0 Å². The molecule has 0 fully saturated rings. The van der Waals surface area contributed by atoms with Crippen LogP contribution in [0.1, 0.15) is 0 Å². The van der Waals surface area contributed by atoms with Gasteiger partial charge in [-0.1, -0.05) is 182 Å². The van der Waals surface area contributed by atoms with Gasteiger partial charge < -0.3 is 4.42 Å². The standard InChI is InChI=1S/C57H35N3O/c1-3-15-36(16-4-1)55-58-56(37-17-5-2-6-18-37)60-57(59-55)41-20-13-19-38(33-41)44-27-14-28-53-54(44)51-35-40(30-32-52(51)61-53)43-22-8-7-21-42(43)39-29-31-49-47-25-10-9-23-45(47)46-24-11-12-26-48(46)50(49)34-39/h1-35H. The van der Waals surface area contributed by atoms with E-state index >= 15 is 0 Å². The average molecular weight is 778 g/mol. The molecule has 10 aromatic carbocycles. The molecule has 0 saturated heterocycles. The molecule has 284 valence electrons. The number of nitrogens with zero attached hydrogens (tertiary/aromatic N) is 3. The molecule has 0 atom stereocenters. The molecule has 2 heterocycles. The summed E-state index contributed by atoms with van der Waals surface area (Å²) >= 11 is 0. The number of benzene rings is 10. The summed E-state index contributed by atoms with van der Waals surface area (Å²) in [7, 11) is 0. The third-order valence-electron chi connectivity index (χ3n) is 11.9. The largest absolute Gasteiger partial charge is 0.456 e. The van der Waals surface area contributed by atoms with Crippen LogP contribution in [0.3, 0.4) is 0 Å². The predicted octanol–water partition coefficient (Wildman–Crippen LogP) is 15.2. The van der Waals surface area contributed by atoms with E-state index in [9.17, 15) is 0 Å². The quantitative estimate of drug-likeness (QED) is 0.158. The lowest BCUT2D eigenvalue weighted by Gasteiger charge is -2.14. The average Bonchev–Trinajstić information content (AvgIpc) is 3.73. The summed E-state index contributed by atoms with van der Waals surface area (Å²) in [6.07, 6.45) is 0. The highest BCUT2D eigenvalue weighted by molar-refractivity contribution is 6.26. The fourth-order valence-electron chi connectivity index (χ4n) is 9.06. The Morgan fingerprint density at radius 3 is 1.30 bits per heavy atom. The van der Waals surface area contributed by atoms with Crippen LogP contribution in [0.4, 0.5) is 0 Å². The number of hydrogen-bond acceptors (Lipinski definition) is 4. The lowest BCUT2D eigenvalue weighted by Crippen LogP contribution is -2.00. The fourth-order valence-corrected chi connectivity index (χ4v) is 9.06. The minimum atomic E-state index is 0.618. The lowest BCUT2D eigenvalue weighted by molar-refractivity contribution is 0.669. The molecule has 0 spiro atoms. The summed E-state index contributed by atoms with van der Waals surface area (Å²) in [6, 6.07) is 74.7. The van der Waals surface area contributed by atoms with Crippen molar-refractivity contribution < 1.29 is 4.42 Å². The van der Waals surface area contributed by atoms with Gasteiger partial charge in [0.1, 0.15) is 11.2 Å². The van der Waals surface area contributed by atoms with Crippen molar-refractivity contribution in [3.05, 3.63) is 212 Å². The van der Waals surface area contributed by atoms with Crippen LogP contribution >= 0.6 is 0 Å². The highest BCUT2D eigenvalue weighted by Gasteiger charge is 2.18. The monoisotopic (exact) mass is 777 g/mol. The van der Waals surface area contributed by atoms with Crippen molar-refractivity contribution in [2.45, 2.75) is 0 Å². The SMILES string of the molecule is c1ccc(-c2nc(-c3ccccc3)nc(-c3cccc(-c4cccc5oc6ccc(-c7ccccc7-c7ccc8c9ccccc9c9ccccc9c8c7)cc6c45)c3)n2)cc1. The van der Waals surface area contributed by atoms with Gasteiger partial charge in [-0.25, -0.2) is 15.0 Å². The highest BCUT2D eigenvalue weighted by Crippen LogP contribution is 2.43. The number of aromatic nitrogens is 3. The van der Waals surface area contributed by atoms with Crippen LogP contribution in [0.15, 0.2) is 217 Å². The van der Waals surface area contributed by atoms with E-state index in [1.807, 2.05) is 60.7 Å². The Kier molecular flexibility index (Phi) is 8.13. The van der Waals surface area contributed by atoms with Crippen LogP contribution in [-0.2, 0) is 0 Å². The first kappa shape index (κ1) is 34.8. The second kappa shape index (κ2) is 14.3. The molecule has 0 aliphatic rings. The molecule has 12 aromatic rings. The summed E-state index contributed by atoms with van der Waals surface area (Å²) < 4.78 is 6.56. The minimum absolute atomic E-state index is 0.618. The Morgan fingerprint density at radius 1 is 0.246 bits per heavy atom. The first-order valence-electron chi connectivity index (χ1n) is 20.6. The number of hydrogen-bond donors (Lipinski definition) is 0. The molecule has 0 aliphatic heterocycles. The van der Waals surface area contributed by atoms with Gasteiger partial charge in [-0.3, -0.25) is 0 Å².